The quantitative estimate of drug-likeness (QED) is 0.0954. The van der Waals surface area contributed by atoms with Crippen molar-refractivity contribution >= 4 is 23.3 Å². The Morgan fingerprint density at radius 3 is 1.48 bits per heavy atom. The van der Waals surface area contributed by atoms with E-state index in [1.807, 2.05) is 98.8 Å². The molecule has 46 heavy (non-hydrogen) atoms. The second kappa shape index (κ2) is 15.1. The summed E-state index contributed by atoms with van der Waals surface area (Å²) in [6.45, 7) is 9.85. The van der Waals surface area contributed by atoms with Gasteiger partial charge in [0.1, 0.15) is 24.7 Å². The lowest BCUT2D eigenvalue weighted by molar-refractivity contribution is 0.1000. The average Bonchev–Trinajstić information content (AvgIpc) is 3.06. The first-order valence-electron chi connectivity index (χ1n) is 15.5. The lowest BCUT2D eigenvalue weighted by Crippen LogP contribution is -2.06. The van der Waals surface area contributed by atoms with Crippen molar-refractivity contribution in [3.8, 4) is 34.0 Å². The molecule has 0 radical (unpaired) electrons. The number of ether oxygens (including phenoxy) is 2. The number of carbonyl (C=O) groups is 2. The molecule has 0 saturated carbocycles. The normalized spacial score (nSPS) is 10.9. The molecule has 4 aromatic carbocycles. The maximum atomic E-state index is 12.9. The first-order valence-corrected chi connectivity index (χ1v) is 16.5. The number of carbonyl (C=O) groups excluding carboxylic acids is 2. The van der Waals surface area contributed by atoms with Crippen LogP contribution in [-0.4, -0.2) is 22.3 Å². The molecule has 0 aliphatic rings. The van der Waals surface area contributed by atoms with E-state index in [1.165, 1.54) is 0 Å². The minimum absolute atomic E-state index is 0.0777. The molecule has 0 amide bonds. The van der Waals surface area contributed by atoms with E-state index >= 15 is 0 Å². The number of ketones is 2. The minimum Gasteiger partial charge on any atom is -0.487 e. The third-order valence-electron chi connectivity index (χ3n) is 7.50. The van der Waals surface area contributed by atoms with Crippen LogP contribution < -0.4 is 9.47 Å². The molecule has 0 saturated heterocycles. The van der Waals surface area contributed by atoms with Gasteiger partial charge in [-0.05, 0) is 98.5 Å². The molecule has 5 rings (SSSR count). The maximum Gasteiger partial charge on any atom is 0.163 e. The minimum atomic E-state index is -0.0777. The van der Waals surface area contributed by atoms with Crippen LogP contribution in [-0.2, 0) is 13.2 Å². The summed E-state index contributed by atoms with van der Waals surface area (Å²) in [5.74, 6) is 1.79. The van der Waals surface area contributed by atoms with Crippen molar-refractivity contribution in [1.29, 1.82) is 0 Å². The number of pyridine rings is 1. The topological polar surface area (TPSA) is 65.5 Å². The number of aromatic nitrogens is 1. The van der Waals surface area contributed by atoms with Crippen LogP contribution in [0, 0.1) is 13.8 Å². The zero-order valence-electron chi connectivity index (χ0n) is 27.1. The number of nitrogens with zero attached hydrogens (tertiary/aromatic N) is 1. The van der Waals surface area contributed by atoms with Crippen LogP contribution >= 0.6 is 11.8 Å². The molecule has 0 aliphatic heterocycles. The molecule has 5 nitrogen and oxygen atoms in total. The predicted molar refractivity (Wildman–Crippen MR) is 187 cm³/mol. The van der Waals surface area contributed by atoms with Crippen LogP contribution in [0.3, 0.4) is 0 Å². The maximum absolute atomic E-state index is 12.9. The first-order chi connectivity index (χ1) is 22.2. The van der Waals surface area contributed by atoms with Crippen LogP contribution in [0.2, 0.25) is 0 Å². The number of hydrogen-bond donors (Lipinski definition) is 0. The van der Waals surface area contributed by atoms with Gasteiger partial charge >= 0.3 is 0 Å². The van der Waals surface area contributed by atoms with Crippen molar-refractivity contribution in [2.24, 2.45) is 0 Å². The first kappa shape index (κ1) is 32.7. The Hall–Kier alpha value is -4.68. The molecule has 1 aromatic heterocycles. The summed E-state index contributed by atoms with van der Waals surface area (Å²) in [7, 11) is 0. The number of benzene rings is 4. The fourth-order valence-electron chi connectivity index (χ4n) is 5.31. The molecule has 6 heteroatoms. The molecule has 0 unspecified atom stereocenters. The summed E-state index contributed by atoms with van der Waals surface area (Å²) in [5.41, 5.74) is 7.76. The van der Waals surface area contributed by atoms with Gasteiger partial charge in [-0.3, -0.25) is 9.59 Å². The van der Waals surface area contributed by atoms with E-state index in [4.69, 9.17) is 14.5 Å². The Bertz CT molecular complexity index is 1720. The Kier molecular flexibility index (Phi) is 10.7. The Morgan fingerprint density at radius 2 is 1.09 bits per heavy atom. The Labute approximate surface area is 276 Å². The van der Waals surface area contributed by atoms with Gasteiger partial charge in [-0.15, -0.1) is 11.8 Å². The van der Waals surface area contributed by atoms with Gasteiger partial charge in [0.05, 0.1) is 22.5 Å². The Morgan fingerprint density at radius 1 is 0.652 bits per heavy atom. The smallest absolute Gasteiger partial charge is 0.163 e. The number of aryl methyl sites for hydroxylation is 2. The zero-order chi connectivity index (χ0) is 32.6. The van der Waals surface area contributed by atoms with Gasteiger partial charge in [0, 0.05) is 16.0 Å². The monoisotopic (exact) mass is 629 g/mol. The SMILES string of the molecule is CCCSc1cc(-c2cc(C)cc(C(C)=O)c2OCc2ccccc2)nc(-c2cc(C)cc(C(C)=O)c2OCc2ccccc2)c1. The molecule has 0 atom stereocenters. The van der Waals surface area contributed by atoms with Gasteiger partial charge in [-0.1, -0.05) is 67.6 Å². The van der Waals surface area contributed by atoms with E-state index in [1.54, 1.807) is 25.6 Å². The number of Topliss-reactive ketones (excluding diaryl/α,β-unsaturated/α-hetero) is 2. The van der Waals surface area contributed by atoms with Crippen molar-refractivity contribution in [3.05, 3.63) is 130 Å². The number of thioether (sulfide) groups is 1. The molecular weight excluding hydrogens is 591 g/mol. The average molecular weight is 630 g/mol. The summed E-state index contributed by atoms with van der Waals surface area (Å²) >= 11 is 1.74. The van der Waals surface area contributed by atoms with Crippen LogP contribution in [0.4, 0.5) is 0 Å². The Balaban J connectivity index is 1.69. The van der Waals surface area contributed by atoms with Gasteiger partial charge in [-0.25, -0.2) is 4.98 Å². The summed E-state index contributed by atoms with van der Waals surface area (Å²) in [4.78, 5) is 32.1. The fraction of sp³-hybridized carbons (Fsp3) is 0.225. The predicted octanol–water partition coefficient (Wildman–Crippen LogP) is 10.1. The third kappa shape index (κ3) is 7.93. The number of hydrogen-bond acceptors (Lipinski definition) is 6. The lowest BCUT2D eigenvalue weighted by Gasteiger charge is -2.19. The van der Waals surface area contributed by atoms with Crippen LogP contribution in [0.1, 0.15) is 70.2 Å². The summed E-state index contributed by atoms with van der Waals surface area (Å²) in [6.07, 6.45) is 1.01. The largest absolute Gasteiger partial charge is 0.487 e. The second-order valence-corrected chi connectivity index (χ2v) is 12.6. The van der Waals surface area contributed by atoms with Gasteiger partial charge in [0.15, 0.2) is 11.6 Å². The highest BCUT2D eigenvalue weighted by Crippen LogP contribution is 2.41. The van der Waals surface area contributed by atoms with E-state index in [2.05, 4.69) is 19.1 Å². The third-order valence-corrected chi connectivity index (χ3v) is 8.68. The van der Waals surface area contributed by atoms with Crippen molar-refractivity contribution in [2.75, 3.05) is 5.75 Å². The van der Waals surface area contributed by atoms with E-state index < -0.39 is 0 Å². The standard InChI is InChI=1S/C40H39NO4S/c1-6-17-46-32-22-37(35-20-26(2)18-33(28(4)42)39(35)44-24-30-13-9-7-10-14-30)41-38(23-32)36-21-27(3)19-34(29(5)43)40(36)45-25-31-15-11-8-12-16-31/h7-16,18-23H,6,17,24-25H2,1-5H3. The van der Waals surface area contributed by atoms with Crippen molar-refractivity contribution in [3.63, 3.8) is 0 Å². The van der Waals surface area contributed by atoms with Gasteiger partial charge in [-0.2, -0.15) is 0 Å². The zero-order valence-corrected chi connectivity index (χ0v) is 27.9. The van der Waals surface area contributed by atoms with Gasteiger partial charge < -0.3 is 9.47 Å². The molecule has 0 N–H and O–H groups in total. The van der Waals surface area contributed by atoms with Crippen molar-refractivity contribution in [2.45, 2.75) is 59.1 Å². The van der Waals surface area contributed by atoms with E-state index in [0.717, 1.165) is 50.4 Å². The highest BCUT2D eigenvalue weighted by atomic mass is 32.2. The highest BCUT2D eigenvalue weighted by Gasteiger charge is 2.22. The van der Waals surface area contributed by atoms with Crippen LogP contribution in [0.25, 0.3) is 22.5 Å². The number of rotatable bonds is 13. The molecule has 0 bridgehead atoms. The summed E-state index contributed by atoms with van der Waals surface area (Å²) in [6, 6.07) is 31.7. The molecule has 1 heterocycles. The van der Waals surface area contributed by atoms with Crippen molar-refractivity contribution in [1.82, 2.24) is 4.98 Å². The summed E-state index contributed by atoms with van der Waals surface area (Å²) in [5, 5.41) is 0. The molecule has 234 valence electrons. The second-order valence-electron chi connectivity index (χ2n) is 11.5. The molecule has 0 spiro atoms. The molecular formula is C40H39NO4S. The van der Waals surface area contributed by atoms with E-state index in [-0.39, 0.29) is 11.6 Å². The van der Waals surface area contributed by atoms with Gasteiger partial charge in [0.25, 0.3) is 0 Å². The highest BCUT2D eigenvalue weighted by molar-refractivity contribution is 7.99. The van der Waals surface area contributed by atoms with Crippen LogP contribution in [0.15, 0.2) is 102 Å². The van der Waals surface area contributed by atoms with Crippen LogP contribution in [0.5, 0.6) is 11.5 Å². The molecule has 5 aromatic rings. The molecule has 0 aliphatic carbocycles. The fourth-order valence-corrected chi connectivity index (χ4v) is 6.13. The lowest BCUT2D eigenvalue weighted by atomic mass is 9.97. The van der Waals surface area contributed by atoms with Crippen molar-refractivity contribution < 1.29 is 19.1 Å². The molecule has 0 fully saturated rings. The van der Waals surface area contributed by atoms with E-state index in [9.17, 15) is 9.59 Å². The summed E-state index contributed by atoms with van der Waals surface area (Å²) < 4.78 is 12.9. The van der Waals surface area contributed by atoms with Gasteiger partial charge in [0.2, 0.25) is 0 Å². The van der Waals surface area contributed by atoms with E-state index in [0.29, 0.717) is 47.2 Å².